The zero-order valence-electron chi connectivity index (χ0n) is 17.4. The van der Waals surface area contributed by atoms with Crippen LogP contribution in [0.3, 0.4) is 0 Å². The number of nitriles is 1. The number of benzene rings is 1. The van der Waals surface area contributed by atoms with E-state index in [1.165, 1.54) is 0 Å². The number of hydrogen-bond acceptors (Lipinski definition) is 4. The van der Waals surface area contributed by atoms with Crippen LogP contribution in [0.4, 0.5) is 8.78 Å². The van der Waals surface area contributed by atoms with Gasteiger partial charge in [-0.2, -0.15) is 5.26 Å². The second kappa shape index (κ2) is 9.23. The third-order valence-electron chi connectivity index (χ3n) is 5.38. The molecule has 0 aliphatic heterocycles. The summed E-state index contributed by atoms with van der Waals surface area (Å²) in [5.41, 5.74) is 1.75. The highest BCUT2D eigenvalue weighted by Gasteiger charge is 2.46. The van der Waals surface area contributed by atoms with Gasteiger partial charge in [0, 0.05) is 4.88 Å². The molecule has 1 saturated carbocycles. The highest BCUT2D eigenvalue weighted by molar-refractivity contribution is 7.13. The topological polar surface area (TPSA) is 64.9 Å². The van der Waals surface area contributed by atoms with Crippen molar-refractivity contribution >= 4 is 17.2 Å². The molecule has 0 bridgehead atoms. The van der Waals surface area contributed by atoms with E-state index >= 15 is 0 Å². The van der Waals surface area contributed by atoms with Crippen molar-refractivity contribution in [1.82, 2.24) is 10.6 Å². The van der Waals surface area contributed by atoms with Crippen molar-refractivity contribution in [1.29, 1.82) is 5.26 Å². The summed E-state index contributed by atoms with van der Waals surface area (Å²) in [4.78, 5) is 13.9. The van der Waals surface area contributed by atoms with Crippen LogP contribution in [-0.2, 0) is 4.79 Å². The molecule has 1 fully saturated rings. The second-order valence-corrected chi connectivity index (χ2v) is 9.31. The first-order chi connectivity index (χ1) is 14.2. The van der Waals surface area contributed by atoms with E-state index in [-0.39, 0.29) is 11.8 Å². The van der Waals surface area contributed by atoms with Crippen LogP contribution >= 0.6 is 11.3 Å². The number of halogens is 2. The molecule has 0 unspecified atom stereocenters. The van der Waals surface area contributed by atoms with E-state index in [0.29, 0.717) is 24.8 Å². The van der Waals surface area contributed by atoms with Gasteiger partial charge in [-0.3, -0.25) is 10.1 Å². The molecule has 30 heavy (non-hydrogen) atoms. The molecule has 1 aromatic carbocycles. The number of rotatable bonds is 9. The minimum atomic E-state index is -2.67. The third kappa shape index (κ3) is 5.24. The molecule has 0 saturated heterocycles. The van der Waals surface area contributed by atoms with Gasteiger partial charge in [0.25, 0.3) is 6.43 Å². The molecular formula is C23H27F2N3OS. The first-order valence-corrected chi connectivity index (χ1v) is 11.0. The molecule has 2 aromatic rings. The summed E-state index contributed by atoms with van der Waals surface area (Å²) in [6.07, 6.45) is -1.06. The van der Waals surface area contributed by atoms with Crippen molar-refractivity contribution in [2.24, 2.45) is 5.92 Å². The van der Waals surface area contributed by atoms with E-state index in [2.05, 4.69) is 16.7 Å². The molecular weight excluding hydrogens is 404 g/mol. The standard InChI is InChI=1S/C23H27F2N3OS/c1-14(2)12-18(22(29)28-23(13-26)9-10-23)27-19(21(24)25)16-4-6-17(7-5-16)20-15(3)8-11-30-20/h4-8,11,14,18-19,21,27H,9-10,12H2,1-3H3,(H,28,29)/t18-,19-/m0/s1. The van der Waals surface area contributed by atoms with Gasteiger partial charge in [0.2, 0.25) is 5.91 Å². The molecule has 1 amide bonds. The molecule has 1 aliphatic carbocycles. The van der Waals surface area contributed by atoms with E-state index < -0.39 is 24.0 Å². The molecule has 0 spiro atoms. The summed E-state index contributed by atoms with van der Waals surface area (Å²) in [7, 11) is 0. The fourth-order valence-electron chi connectivity index (χ4n) is 3.48. The number of aryl methyl sites for hydroxylation is 1. The van der Waals surface area contributed by atoms with E-state index in [0.717, 1.165) is 16.0 Å². The van der Waals surface area contributed by atoms with Crippen molar-refractivity contribution in [2.45, 2.75) is 64.1 Å². The zero-order chi connectivity index (χ0) is 21.9. The molecule has 0 radical (unpaired) electrons. The van der Waals surface area contributed by atoms with Crippen LogP contribution in [0.2, 0.25) is 0 Å². The predicted octanol–water partition coefficient (Wildman–Crippen LogP) is 5.21. The fraction of sp³-hybridized carbons (Fsp3) is 0.478. The van der Waals surface area contributed by atoms with Crippen molar-refractivity contribution < 1.29 is 13.6 Å². The Morgan fingerprint density at radius 3 is 2.37 bits per heavy atom. The average Bonchev–Trinajstić information content (AvgIpc) is 3.35. The summed E-state index contributed by atoms with van der Waals surface area (Å²) < 4.78 is 27.9. The van der Waals surface area contributed by atoms with Crippen LogP contribution in [0.1, 0.15) is 50.3 Å². The number of alkyl halides is 2. The Hall–Kier alpha value is -2.30. The van der Waals surface area contributed by atoms with Crippen molar-refractivity contribution in [3.63, 3.8) is 0 Å². The molecule has 2 N–H and O–H groups in total. The zero-order valence-corrected chi connectivity index (χ0v) is 18.2. The smallest absolute Gasteiger partial charge is 0.257 e. The van der Waals surface area contributed by atoms with Gasteiger partial charge in [0.1, 0.15) is 5.54 Å². The first kappa shape index (κ1) is 22.4. The van der Waals surface area contributed by atoms with Gasteiger partial charge >= 0.3 is 0 Å². The van der Waals surface area contributed by atoms with Gasteiger partial charge in [-0.1, -0.05) is 38.1 Å². The van der Waals surface area contributed by atoms with Gasteiger partial charge in [-0.15, -0.1) is 11.3 Å². The van der Waals surface area contributed by atoms with E-state index in [1.54, 1.807) is 23.5 Å². The minimum absolute atomic E-state index is 0.132. The van der Waals surface area contributed by atoms with Gasteiger partial charge in [-0.05, 0) is 60.2 Å². The molecule has 1 heterocycles. The third-order valence-corrected chi connectivity index (χ3v) is 6.44. The number of carbonyl (C=O) groups excluding carboxylic acids is 1. The Balaban J connectivity index is 1.78. The Morgan fingerprint density at radius 1 is 1.23 bits per heavy atom. The molecule has 3 rings (SSSR count). The van der Waals surface area contributed by atoms with Crippen LogP contribution in [-0.4, -0.2) is 23.9 Å². The van der Waals surface area contributed by atoms with E-state index in [9.17, 15) is 18.8 Å². The van der Waals surface area contributed by atoms with Gasteiger partial charge < -0.3 is 5.32 Å². The largest absolute Gasteiger partial charge is 0.336 e. The molecule has 2 atom stereocenters. The van der Waals surface area contributed by atoms with Crippen molar-refractivity contribution in [3.05, 3.63) is 46.8 Å². The lowest BCUT2D eigenvalue weighted by Gasteiger charge is -2.27. The lowest BCUT2D eigenvalue weighted by molar-refractivity contribution is -0.124. The van der Waals surface area contributed by atoms with Gasteiger partial charge in [0.15, 0.2) is 0 Å². The maximum Gasteiger partial charge on any atom is 0.257 e. The first-order valence-electron chi connectivity index (χ1n) is 10.2. The number of amides is 1. The summed E-state index contributed by atoms with van der Waals surface area (Å²) >= 11 is 1.61. The number of nitrogens with zero attached hydrogens (tertiary/aromatic N) is 1. The molecule has 160 valence electrons. The highest BCUT2D eigenvalue weighted by Crippen LogP contribution is 2.35. The Morgan fingerprint density at radius 2 is 1.90 bits per heavy atom. The summed E-state index contributed by atoms with van der Waals surface area (Å²) in [6, 6.07) is 9.16. The summed E-state index contributed by atoms with van der Waals surface area (Å²) in [6.45, 7) is 5.90. The number of thiophene rings is 1. The highest BCUT2D eigenvalue weighted by atomic mass is 32.1. The monoisotopic (exact) mass is 431 g/mol. The normalized spacial score (nSPS) is 16.9. The second-order valence-electron chi connectivity index (χ2n) is 8.40. The van der Waals surface area contributed by atoms with Gasteiger partial charge in [0.05, 0.1) is 18.2 Å². The lowest BCUT2D eigenvalue weighted by Crippen LogP contribution is -2.51. The molecule has 4 nitrogen and oxygen atoms in total. The number of hydrogen-bond donors (Lipinski definition) is 2. The quantitative estimate of drug-likeness (QED) is 0.573. The maximum atomic E-state index is 14.0. The van der Waals surface area contributed by atoms with Crippen molar-refractivity contribution in [3.8, 4) is 16.5 Å². The predicted molar refractivity (Wildman–Crippen MR) is 115 cm³/mol. The van der Waals surface area contributed by atoms with E-state index in [1.807, 2.05) is 44.4 Å². The summed E-state index contributed by atoms with van der Waals surface area (Å²) in [5, 5.41) is 16.9. The van der Waals surface area contributed by atoms with Crippen LogP contribution in [0.25, 0.3) is 10.4 Å². The number of carbonyl (C=O) groups is 1. The van der Waals surface area contributed by atoms with Crippen LogP contribution in [0.15, 0.2) is 35.7 Å². The minimum Gasteiger partial charge on any atom is -0.336 e. The maximum absolute atomic E-state index is 14.0. The Labute approximate surface area is 180 Å². The molecule has 7 heteroatoms. The Kier molecular flexibility index (Phi) is 6.89. The van der Waals surface area contributed by atoms with Crippen LogP contribution < -0.4 is 10.6 Å². The SMILES string of the molecule is Cc1ccsc1-c1ccc([C@H](N[C@@H](CC(C)C)C(=O)NC2(C#N)CC2)C(F)F)cc1. The Bertz CT molecular complexity index is 913. The number of nitrogens with one attached hydrogen (secondary N) is 2. The van der Waals surface area contributed by atoms with E-state index in [4.69, 9.17) is 0 Å². The van der Waals surface area contributed by atoms with Gasteiger partial charge in [-0.25, -0.2) is 8.78 Å². The van der Waals surface area contributed by atoms with Crippen molar-refractivity contribution in [2.75, 3.05) is 0 Å². The lowest BCUT2D eigenvalue weighted by atomic mass is 9.98. The fourth-order valence-corrected chi connectivity index (χ4v) is 4.41. The molecule has 1 aliphatic rings. The molecule has 1 aromatic heterocycles. The van der Waals surface area contributed by atoms with Crippen LogP contribution in [0, 0.1) is 24.2 Å². The van der Waals surface area contributed by atoms with Crippen LogP contribution in [0.5, 0.6) is 0 Å². The summed E-state index contributed by atoms with van der Waals surface area (Å²) in [5.74, 6) is -0.257. The average molecular weight is 432 g/mol.